The number of nitrogens with one attached hydrogen (secondary N) is 1. The summed E-state index contributed by atoms with van der Waals surface area (Å²) in [6, 6.07) is 0.356. The Morgan fingerprint density at radius 1 is 1.56 bits per heavy atom. The first-order chi connectivity index (χ1) is 4.22. The molecular formula is C7H14N2. The van der Waals surface area contributed by atoms with Crippen molar-refractivity contribution < 1.29 is 0 Å². The average Bonchev–Trinajstić information content (AvgIpc) is 1.82. The second-order valence-corrected chi connectivity index (χ2v) is 2.51. The van der Waals surface area contributed by atoms with E-state index in [0.29, 0.717) is 12.0 Å². The van der Waals surface area contributed by atoms with Crippen LogP contribution in [0.1, 0.15) is 27.2 Å². The van der Waals surface area contributed by atoms with E-state index < -0.39 is 0 Å². The molecule has 0 aliphatic carbocycles. The van der Waals surface area contributed by atoms with Crippen LogP contribution in [0.5, 0.6) is 0 Å². The molecule has 0 aliphatic rings. The van der Waals surface area contributed by atoms with E-state index in [4.69, 9.17) is 5.26 Å². The van der Waals surface area contributed by atoms with Gasteiger partial charge in [-0.25, -0.2) is 0 Å². The molecule has 1 N–H and O–H groups in total. The van der Waals surface area contributed by atoms with Gasteiger partial charge in [0.15, 0.2) is 6.19 Å². The summed E-state index contributed by atoms with van der Waals surface area (Å²) in [6.07, 6.45) is 2.97. The average molecular weight is 126 g/mol. The fourth-order valence-corrected chi connectivity index (χ4v) is 0.823. The minimum absolute atomic E-state index is 0.356. The van der Waals surface area contributed by atoms with Crippen LogP contribution < -0.4 is 5.32 Å². The lowest BCUT2D eigenvalue weighted by Crippen LogP contribution is -2.28. The van der Waals surface area contributed by atoms with Crippen LogP contribution in [0.15, 0.2) is 0 Å². The predicted octanol–water partition coefficient (Wildman–Crippen LogP) is 1.49. The lowest BCUT2D eigenvalue weighted by Gasteiger charge is -2.15. The maximum absolute atomic E-state index is 8.26. The van der Waals surface area contributed by atoms with Crippen molar-refractivity contribution in [2.75, 3.05) is 0 Å². The molecular weight excluding hydrogens is 112 g/mol. The van der Waals surface area contributed by atoms with Crippen molar-refractivity contribution in [1.82, 2.24) is 5.32 Å². The molecule has 0 amide bonds. The Labute approximate surface area is 56.9 Å². The molecule has 0 bridgehead atoms. The van der Waals surface area contributed by atoms with Crippen molar-refractivity contribution in [3.05, 3.63) is 0 Å². The normalized spacial score (nSPS) is 12.8. The van der Waals surface area contributed by atoms with E-state index in [0.717, 1.165) is 6.42 Å². The van der Waals surface area contributed by atoms with Crippen LogP contribution in [0.4, 0.5) is 0 Å². The zero-order valence-corrected chi connectivity index (χ0v) is 6.31. The van der Waals surface area contributed by atoms with Crippen LogP contribution in [0.2, 0.25) is 0 Å². The summed E-state index contributed by atoms with van der Waals surface area (Å²) in [5.41, 5.74) is 0. The molecule has 0 radical (unpaired) electrons. The number of hydrogen-bond acceptors (Lipinski definition) is 2. The standard InChI is InChI=1S/C7H14N2/c1-4-7(6(2)3)9-5-8/h6-7,9H,4H2,1-3H3. The molecule has 9 heavy (non-hydrogen) atoms. The molecule has 1 unspecified atom stereocenters. The lowest BCUT2D eigenvalue weighted by atomic mass is 10.0. The Bertz CT molecular complexity index is 102. The molecule has 0 rings (SSSR count). The van der Waals surface area contributed by atoms with Gasteiger partial charge < -0.3 is 5.32 Å². The van der Waals surface area contributed by atoms with Gasteiger partial charge in [-0.2, -0.15) is 5.26 Å². The molecule has 0 aromatic rings. The van der Waals surface area contributed by atoms with Gasteiger partial charge >= 0.3 is 0 Å². The molecule has 0 heterocycles. The first kappa shape index (κ1) is 8.29. The van der Waals surface area contributed by atoms with Gasteiger partial charge in [0.05, 0.1) is 0 Å². The highest BCUT2D eigenvalue weighted by Crippen LogP contribution is 2.03. The quantitative estimate of drug-likeness (QED) is 0.459. The SMILES string of the molecule is CCC(NC#N)C(C)C. The Morgan fingerprint density at radius 2 is 2.11 bits per heavy atom. The van der Waals surface area contributed by atoms with Gasteiger partial charge in [0.2, 0.25) is 0 Å². The highest BCUT2D eigenvalue weighted by atomic mass is 14.9. The lowest BCUT2D eigenvalue weighted by molar-refractivity contribution is 0.434. The van der Waals surface area contributed by atoms with Crippen LogP contribution in [0, 0.1) is 17.4 Å². The van der Waals surface area contributed by atoms with Crippen LogP contribution >= 0.6 is 0 Å². The second kappa shape index (κ2) is 4.20. The highest BCUT2D eigenvalue weighted by Gasteiger charge is 2.07. The Kier molecular flexibility index (Phi) is 3.87. The van der Waals surface area contributed by atoms with Crippen molar-refractivity contribution in [2.45, 2.75) is 33.2 Å². The van der Waals surface area contributed by atoms with Gasteiger partial charge in [-0.15, -0.1) is 0 Å². The number of nitriles is 1. The van der Waals surface area contributed by atoms with Crippen molar-refractivity contribution in [3.63, 3.8) is 0 Å². The smallest absolute Gasteiger partial charge is 0.176 e. The largest absolute Gasteiger partial charge is 0.321 e. The van der Waals surface area contributed by atoms with Gasteiger partial charge in [0.25, 0.3) is 0 Å². The van der Waals surface area contributed by atoms with E-state index >= 15 is 0 Å². The second-order valence-electron chi connectivity index (χ2n) is 2.51. The first-order valence-corrected chi connectivity index (χ1v) is 3.37. The van der Waals surface area contributed by atoms with Gasteiger partial charge in [-0.1, -0.05) is 20.8 Å². The molecule has 0 aliphatic heterocycles. The fraction of sp³-hybridized carbons (Fsp3) is 0.857. The van der Waals surface area contributed by atoms with Gasteiger partial charge in [0.1, 0.15) is 0 Å². The fourth-order valence-electron chi connectivity index (χ4n) is 0.823. The van der Waals surface area contributed by atoms with E-state index in [-0.39, 0.29) is 0 Å². The minimum atomic E-state index is 0.356. The van der Waals surface area contributed by atoms with E-state index in [2.05, 4.69) is 26.1 Å². The summed E-state index contributed by atoms with van der Waals surface area (Å²) >= 11 is 0. The summed E-state index contributed by atoms with van der Waals surface area (Å²) in [6.45, 7) is 6.30. The molecule has 0 spiro atoms. The van der Waals surface area contributed by atoms with Crippen molar-refractivity contribution >= 4 is 0 Å². The zero-order valence-electron chi connectivity index (χ0n) is 6.31. The molecule has 2 heteroatoms. The van der Waals surface area contributed by atoms with E-state index in [1.807, 2.05) is 6.19 Å². The third-order valence-electron chi connectivity index (χ3n) is 1.49. The summed E-state index contributed by atoms with van der Waals surface area (Å²) < 4.78 is 0. The van der Waals surface area contributed by atoms with Gasteiger partial charge in [-0.3, -0.25) is 0 Å². The maximum Gasteiger partial charge on any atom is 0.176 e. The third-order valence-corrected chi connectivity index (χ3v) is 1.49. The van der Waals surface area contributed by atoms with Crippen molar-refractivity contribution in [2.24, 2.45) is 5.92 Å². The van der Waals surface area contributed by atoms with Crippen LogP contribution in [-0.2, 0) is 0 Å². The van der Waals surface area contributed by atoms with Crippen LogP contribution in [-0.4, -0.2) is 6.04 Å². The molecule has 0 aromatic heterocycles. The third kappa shape index (κ3) is 2.97. The number of rotatable bonds is 3. The summed E-state index contributed by atoms with van der Waals surface area (Å²) in [7, 11) is 0. The van der Waals surface area contributed by atoms with Crippen LogP contribution in [0.25, 0.3) is 0 Å². The van der Waals surface area contributed by atoms with E-state index in [1.165, 1.54) is 0 Å². The van der Waals surface area contributed by atoms with Gasteiger partial charge in [0, 0.05) is 6.04 Å². The number of nitrogens with zero attached hydrogens (tertiary/aromatic N) is 1. The van der Waals surface area contributed by atoms with Crippen LogP contribution in [0.3, 0.4) is 0 Å². The molecule has 0 saturated carbocycles. The number of hydrogen-bond donors (Lipinski definition) is 1. The molecule has 1 atom stereocenters. The topological polar surface area (TPSA) is 35.8 Å². The minimum Gasteiger partial charge on any atom is -0.321 e. The Hall–Kier alpha value is -0.710. The monoisotopic (exact) mass is 126 g/mol. The maximum atomic E-state index is 8.26. The predicted molar refractivity (Wildman–Crippen MR) is 37.7 cm³/mol. The summed E-state index contributed by atoms with van der Waals surface area (Å²) in [4.78, 5) is 0. The van der Waals surface area contributed by atoms with E-state index in [9.17, 15) is 0 Å². The first-order valence-electron chi connectivity index (χ1n) is 3.37. The molecule has 0 aromatic carbocycles. The molecule has 0 saturated heterocycles. The summed E-state index contributed by atoms with van der Waals surface area (Å²) in [5, 5.41) is 11.0. The Balaban J connectivity index is 3.57. The summed E-state index contributed by atoms with van der Waals surface area (Å²) in [5.74, 6) is 0.551. The molecule has 0 fully saturated rings. The van der Waals surface area contributed by atoms with Gasteiger partial charge in [-0.05, 0) is 12.3 Å². The molecule has 2 nitrogen and oxygen atoms in total. The van der Waals surface area contributed by atoms with Crippen molar-refractivity contribution in [3.8, 4) is 6.19 Å². The van der Waals surface area contributed by atoms with Crippen molar-refractivity contribution in [1.29, 1.82) is 5.26 Å². The molecule has 52 valence electrons. The highest BCUT2D eigenvalue weighted by molar-refractivity contribution is 4.76. The zero-order chi connectivity index (χ0) is 7.28. The van der Waals surface area contributed by atoms with E-state index in [1.54, 1.807) is 0 Å². The Morgan fingerprint density at radius 3 is 2.22 bits per heavy atom.